The van der Waals surface area contributed by atoms with Crippen LogP contribution in [-0.2, 0) is 0 Å². The molecule has 0 aliphatic carbocycles. The zero-order valence-electron chi connectivity index (χ0n) is 8.97. The second-order valence-electron chi connectivity index (χ2n) is 3.51. The first-order valence-corrected chi connectivity index (χ1v) is 5.58. The number of para-hydroxylation sites is 1. The third kappa shape index (κ3) is 3.98. The van der Waals surface area contributed by atoms with E-state index in [4.69, 9.17) is 27.8 Å². The molecule has 0 fully saturated rings. The first-order valence-electron chi connectivity index (χ1n) is 5.20. The van der Waals surface area contributed by atoms with Crippen molar-refractivity contribution >= 4 is 11.6 Å². The fourth-order valence-corrected chi connectivity index (χ4v) is 1.44. The summed E-state index contributed by atoms with van der Waals surface area (Å²) in [5.41, 5.74) is 11.0. The van der Waals surface area contributed by atoms with E-state index in [-0.39, 0.29) is 0 Å². The largest absolute Gasteiger partial charge is 0.471 e. The molecule has 0 saturated carbocycles. The average molecular weight is 245 g/mol. The fourth-order valence-electron chi connectivity index (χ4n) is 1.26. The van der Waals surface area contributed by atoms with E-state index in [2.05, 4.69) is 0 Å². The molecule has 0 saturated heterocycles. The van der Waals surface area contributed by atoms with Crippen LogP contribution in [0.2, 0.25) is 5.02 Å². The van der Waals surface area contributed by atoms with E-state index >= 15 is 0 Å². The highest BCUT2D eigenvalue weighted by Gasteiger charge is 2.16. The first kappa shape index (κ1) is 13.3. The Hall–Kier alpha value is -0.810. The Labute approximate surface area is 100 Å². The van der Waals surface area contributed by atoms with E-state index in [9.17, 15) is 5.11 Å². The second-order valence-corrected chi connectivity index (χ2v) is 3.92. The Morgan fingerprint density at radius 1 is 1.38 bits per heavy atom. The minimum atomic E-state index is -0.786. The van der Waals surface area contributed by atoms with Crippen molar-refractivity contribution in [3.63, 3.8) is 0 Å². The summed E-state index contributed by atoms with van der Waals surface area (Å²) < 4.78 is 5.36. The predicted octanol–water partition coefficient (Wildman–Crippen LogP) is 1.10. The molecule has 0 amide bonds. The molecule has 5 N–H and O–H groups in total. The van der Waals surface area contributed by atoms with Crippen LogP contribution in [0.15, 0.2) is 24.3 Å². The summed E-state index contributed by atoms with van der Waals surface area (Å²) in [4.78, 5) is 0. The number of benzene rings is 1. The van der Waals surface area contributed by atoms with Gasteiger partial charge in [-0.1, -0.05) is 23.7 Å². The van der Waals surface area contributed by atoms with Gasteiger partial charge in [-0.05, 0) is 31.5 Å². The molecule has 1 aromatic rings. The van der Waals surface area contributed by atoms with Gasteiger partial charge in [0.1, 0.15) is 11.9 Å². The zero-order chi connectivity index (χ0) is 12.0. The van der Waals surface area contributed by atoms with Gasteiger partial charge in [-0.15, -0.1) is 0 Å². The molecule has 0 aliphatic heterocycles. The summed E-state index contributed by atoms with van der Waals surface area (Å²) in [5, 5.41) is 10.1. The molecule has 90 valence electrons. The van der Waals surface area contributed by atoms with Crippen LogP contribution >= 0.6 is 11.6 Å². The number of hydrogen-bond donors (Lipinski definition) is 3. The van der Waals surface area contributed by atoms with Crippen LogP contribution in [0, 0.1) is 0 Å². The number of aliphatic hydroxyl groups excluding tert-OH is 1. The van der Waals surface area contributed by atoms with Gasteiger partial charge in [-0.2, -0.15) is 0 Å². The third-order valence-corrected chi connectivity index (χ3v) is 2.50. The van der Waals surface area contributed by atoms with Gasteiger partial charge in [0.05, 0.1) is 5.02 Å². The van der Waals surface area contributed by atoms with Crippen molar-refractivity contribution in [3.8, 4) is 5.75 Å². The van der Waals surface area contributed by atoms with Crippen LogP contribution in [-0.4, -0.2) is 24.0 Å². The highest BCUT2D eigenvalue weighted by Crippen LogP contribution is 2.24. The van der Waals surface area contributed by atoms with Crippen LogP contribution in [0.5, 0.6) is 5.75 Å². The van der Waals surface area contributed by atoms with Crippen molar-refractivity contribution in [2.24, 2.45) is 11.5 Å². The highest BCUT2D eigenvalue weighted by atomic mass is 35.5. The number of rotatable bonds is 6. The molecule has 2 unspecified atom stereocenters. The van der Waals surface area contributed by atoms with Crippen molar-refractivity contribution in [1.82, 2.24) is 0 Å². The smallest absolute Gasteiger partial charge is 0.173 e. The van der Waals surface area contributed by atoms with E-state index in [1.807, 2.05) is 0 Å². The van der Waals surface area contributed by atoms with E-state index in [1.54, 1.807) is 24.3 Å². The minimum absolute atomic E-state index is 0.475. The Kier molecular flexibility index (Phi) is 5.55. The number of ether oxygens (including phenoxy) is 1. The van der Waals surface area contributed by atoms with Gasteiger partial charge in [0.25, 0.3) is 0 Å². The molecule has 1 rings (SSSR count). The van der Waals surface area contributed by atoms with Crippen LogP contribution in [0.4, 0.5) is 0 Å². The van der Waals surface area contributed by atoms with Crippen molar-refractivity contribution < 1.29 is 9.84 Å². The van der Waals surface area contributed by atoms with Gasteiger partial charge in [-0.3, -0.25) is 5.73 Å². The third-order valence-electron chi connectivity index (χ3n) is 2.18. The summed E-state index contributed by atoms with van der Waals surface area (Å²) in [7, 11) is 0. The fraction of sp³-hybridized carbons (Fsp3) is 0.455. The Morgan fingerprint density at radius 3 is 2.69 bits per heavy atom. The van der Waals surface area contributed by atoms with E-state index in [0.29, 0.717) is 30.2 Å². The Bertz CT molecular complexity index is 323. The molecule has 0 heterocycles. The summed E-state index contributed by atoms with van der Waals surface area (Å²) in [5.74, 6) is 0.475. The van der Waals surface area contributed by atoms with Crippen LogP contribution < -0.4 is 16.2 Å². The Morgan fingerprint density at radius 2 is 2.06 bits per heavy atom. The molecule has 16 heavy (non-hydrogen) atoms. The van der Waals surface area contributed by atoms with E-state index in [1.165, 1.54) is 0 Å². The standard InChI is InChI=1S/C11H17ClN2O2/c12-8-4-1-2-6-10(8)16-11(14)9(15)5-3-7-13/h1-2,4,6,9,11,15H,3,5,7,13-14H2. The molecule has 5 heteroatoms. The highest BCUT2D eigenvalue weighted by molar-refractivity contribution is 6.32. The van der Waals surface area contributed by atoms with Crippen LogP contribution in [0.1, 0.15) is 12.8 Å². The van der Waals surface area contributed by atoms with Crippen LogP contribution in [0.3, 0.4) is 0 Å². The van der Waals surface area contributed by atoms with Gasteiger partial charge in [0.15, 0.2) is 6.23 Å². The van der Waals surface area contributed by atoms with Crippen molar-refractivity contribution in [3.05, 3.63) is 29.3 Å². The SMILES string of the molecule is NCCCC(O)C(N)Oc1ccccc1Cl. The molecular formula is C11H17ClN2O2. The van der Waals surface area contributed by atoms with Crippen molar-refractivity contribution in [1.29, 1.82) is 0 Å². The summed E-state index contributed by atoms with van der Waals surface area (Å²) in [6, 6.07) is 7.00. The average Bonchev–Trinajstić information content (AvgIpc) is 2.28. The number of aliphatic hydroxyl groups is 1. The minimum Gasteiger partial charge on any atom is -0.471 e. The molecule has 1 aromatic carbocycles. The molecule has 0 spiro atoms. The number of nitrogens with two attached hydrogens (primary N) is 2. The second kappa shape index (κ2) is 6.70. The summed E-state index contributed by atoms with van der Waals surface area (Å²) in [6.45, 7) is 0.524. The molecule has 0 aromatic heterocycles. The lowest BCUT2D eigenvalue weighted by molar-refractivity contribution is 0.0339. The van der Waals surface area contributed by atoms with Gasteiger partial charge in [0.2, 0.25) is 0 Å². The maximum absolute atomic E-state index is 9.65. The first-order chi connectivity index (χ1) is 7.65. The molecular weight excluding hydrogens is 228 g/mol. The van der Waals surface area contributed by atoms with Gasteiger partial charge in [0, 0.05) is 0 Å². The molecule has 2 atom stereocenters. The summed E-state index contributed by atoms with van der Waals surface area (Å²) in [6.07, 6.45) is -0.297. The van der Waals surface area contributed by atoms with Crippen LogP contribution in [0.25, 0.3) is 0 Å². The van der Waals surface area contributed by atoms with E-state index < -0.39 is 12.3 Å². The normalized spacial score (nSPS) is 14.5. The lowest BCUT2D eigenvalue weighted by Crippen LogP contribution is -2.40. The summed E-state index contributed by atoms with van der Waals surface area (Å²) >= 11 is 5.90. The number of halogens is 1. The molecule has 0 radical (unpaired) electrons. The quantitative estimate of drug-likeness (QED) is 0.655. The maximum Gasteiger partial charge on any atom is 0.173 e. The molecule has 4 nitrogen and oxygen atoms in total. The molecule has 0 aliphatic rings. The van der Waals surface area contributed by atoms with E-state index in [0.717, 1.165) is 0 Å². The van der Waals surface area contributed by atoms with Gasteiger partial charge in [-0.25, -0.2) is 0 Å². The van der Waals surface area contributed by atoms with Gasteiger partial charge < -0.3 is 15.6 Å². The Balaban J connectivity index is 2.50. The van der Waals surface area contributed by atoms with Crippen molar-refractivity contribution in [2.75, 3.05) is 6.54 Å². The molecule has 0 bridgehead atoms. The zero-order valence-corrected chi connectivity index (χ0v) is 9.73. The van der Waals surface area contributed by atoms with Crippen molar-refractivity contribution in [2.45, 2.75) is 25.2 Å². The lowest BCUT2D eigenvalue weighted by atomic mass is 10.2. The predicted molar refractivity (Wildman–Crippen MR) is 64.4 cm³/mol. The topological polar surface area (TPSA) is 81.5 Å². The lowest BCUT2D eigenvalue weighted by Gasteiger charge is -2.20. The monoisotopic (exact) mass is 244 g/mol. The maximum atomic E-state index is 9.65. The number of hydrogen-bond acceptors (Lipinski definition) is 4. The van der Waals surface area contributed by atoms with Gasteiger partial charge >= 0.3 is 0 Å².